The number of aromatic nitrogens is 4. The number of nitrogens with zero attached hydrogens (tertiary/aromatic N) is 2. The normalized spacial score (nSPS) is 11.4. The minimum atomic E-state index is -0.525. The van der Waals surface area contributed by atoms with Crippen molar-refractivity contribution in [1.29, 1.82) is 0 Å². The van der Waals surface area contributed by atoms with Crippen LogP contribution in [0.3, 0.4) is 0 Å². The van der Waals surface area contributed by atoms with Crippen molar-refractivity contribution in [3.05, 3.63) is 31.3 Å². The summed E-state index contributed by atoms with van der Waals surface area (Å²) >= 11 is 5.17. The molecule has 0 radical (unpaired) electrons. The van der Waals surface area contributed by atoms with Gasteiger partial charge in [0.25, 0.3) is 5.56 Å². The smallest absolute Gasteiger partial charge is 0.330 e. The number of methoxy groups -OCH3 is 1. The van der Waals surface area contributed by atoms with E-state index in [2.05, 4.69) is 15.0 Å². The molecule has 0 fully saturated rings. The van der Waals surface area contributed by atoms with Crippen molar-refractivity contribution < 1.29 is 4.74 Å². The van der Waals surface area contributed by atoms with E-state index in [1.807, 2.05) is 13.8 Å². The van der Waals surface area contributed by atoms with E-state index < -0.39 is 11.2 Å². The lowest BCUT2D eigenvalue weighted by Crippen LogP contribution is -2.32. The van der Waals surface area contributed by atoms with E-state index in [9.17, 15) is 9.59 Å². The number of hydrogen-bond donors (Lipinski definition) is 2. The molecule has 0 saturated heterocycles. The Hall–Kier alpha value is -1.80. The predicted molar refractivity (Wildman–Crippen MR) is 77.8 cm³/mol. The number of hydrogen-bond acceptors (Lipinski definition) is 5. The Labute approximate surface area is 119 Å². The molecule has 2 heterocycles. The highest BCUT2D eigenvalue weighted by atomic mass is 32.1. The van der Waals surface area contributed by atoms with Crippen molar-refractivity contribution in [3.8, 4) is 0 Å². The zero-order valence-corrected chi connectivity index (χ0v) is 12.3. The standard InChI is InChI=1S/C12H16N4O3S/c1-6(2)8-13-9-7(11(20)14-8)10(17)15-12(18)16(9)4-5-19-3/h6H,4-5H2,1-3H3,(H,13,14,20)(H,15,17,18). The monoisotopic (exact) mass is 296 g/mol. The van der Waals surface area contributed by atoms with E-state index >= 15 is 0 Å². The molecule has 2 aromatic rings. The van der Waals surface area contributed by atoms with Crippen molar-refractivity contribution in [1.82, 2.24) is 19.5 Å². The van der Waals surface area contributed by atoms with Gasteiger partial charge in [0.1, 0.15) is 21.5 Å². The van der Waals surface area contributed by atoms with Crippen LogP contribution in [0.15, 0.2) is 9.59 Å². The van der Waals surface area contributed by atoms with Crippen LogP contribution in [0, 0.1) is 4.64 Å². The van der Waals surface area contributed by atoms with Gasteiger partial charge < -0.3 is 9.72 Å². The molecule has 7 nitrogen and oxygen atoms in total. The summed E-state index contributed by atoms with van der Waals surface area (Å²) in [5.41, 5.74) is -0.631. The van der Waals surface area contributed by atoms with Crippen LogP contribution < -0.4 is 11.2 Å². The maximum atomic E-state index is 11.9. The maximum Gasteiger partial charge on any atom is 0.330 e. The number of ether oxygens (including phenoxy) is 1. The van der Waals surface area contributed by atoms with Gasteiger partial charge in [-0.1, -0.05) is 26.1 Å². The molecule has 0 aliphatic carbocycles. The highest BCUT2D eigenvalue weighted by Crippen LogP contribution is 2.13. The largest absolute Gasteiger partial charge is 0.383 e. The van der Waals surface area contributed by atoms with Crippen LogP contribution in [-0.4, -0.2) is 33.2 Å². The van der Waals surface area contributed by atoms with E-state index in [0.29, 0.717) is 24.6 Å². The zero-order valence-electron chi connectivity index (χ0n) is 11.5. The first-order valence-corrected chi connectivity index (χ1v) is 6.62. The molecule has 0 aliphatic rings. The van der Waals surface area contributed by atoms with Gasteiger partial charge in [-0.15, -0.1) is 0 Å². The summed E-state index contributed by atoms with van der Waals surface area (Å²) in [5, 5.41) is 0.222. The molecule has 0 spiro atoms. The molecule has 2 rings (SSSR count). The summed E-state index contributed by atoms with van der Waals surface area (Å²) in [6, 6.07) is 0. The third-order valence-corrected chi connectivity index (χ3v) is 3.24. The van der Waals surface area contributed by atoms with Gasteiger partial charge in [-0.25, -0.2) is 9.78 Å². The van der Waals surface area contributed by atoms with Gasteiger partial charge in [0, 0.05) is 13.0 Å². The van der Waals surface area contributed by atoms with Gasteiger partial charge >= 0.3 is 5.69 Å². The summed E-state index contributed by atoms with van der Waals surface area (Å²) in [7, 11) is 1.54. The quantitative estimate of drug-likeness (QED) is 0.818. The average molecular weight is 296 g/mol. The van der Waals surface area contributed by atoms with Crippen LogP contribution in [-0.2, 0) is 11.3 Å². The first-order valence-electron chi connectivity index (χ1n) is 6.21. The second-order valence-corrected chi connectivity index (χ2v) is 5.10. The van der Waals surface area contributed by atoms with Crippen LogP contribution in [0.2, 0.25) is 0 Å². The number of H-pyrrole nitrogens is 2. The van der Waals surface area contributed by atoms with E-state index in [0.717, 1.165) is 0 Å². The fourth-order valence-electron chi connectivity index (χ4n) is 1.88. The maximum absolute atomic E-state index is 11.9. The van der Waals surface area contributed by atoms with Gasteiger partial charge in [-0.05, 0) is 0 Å². The molecule has 20 heavy (non-hydrogen) atoms. The predicted octanol–water partition coefficient (Wildman–Crippen LogP) is 0.912. The summed E-state index contributed by atoms with van der Waals surface area (Å²) < 4.78 is 6.58. The fraction of sp³-hybridized carbons (Fsp3) is 0.500. The minimum Gasteiger partial charge on any atom is -0.383 e. The first-order chi connectivity index (χ1) is 9.45. The highest BCUT2D eigenvalue weighted by molar-refractivity contribution is 7.71. The van der Waals surface area contributed by atoms with E-state index in [1.54, 1.807) is 7.11 Å². The molecule has 8 heteroatoms. The molecule has 0 unspecified atom stereocenters. The van der Waals surface area contributed by atoms with Crippen LogP contribution in [0.4, 0.5) is 0 Å². The van der Waals surface area contributed by atoms with Crippen molar-refractivity contribution in [2.75, 3.05) is 13.7 Å². The van der Waals surface area contributed by atoms with Crippen molar-refractivity contribution in [3.63, 3.8) is 0 Å². The van der Waals surface area contributed by atoms with Gasteiger partial charge in [0.15, 0.2) is 0 Å². The van der Waals surface area contributed by atoms with Crippen LogP contribution in [0.5, 0.6) is 0 Å². The van der Waals surface area contributed by atoms with E-state index in [1.165, 1.54) is 4.57 Å². The summed E-state index contributed by atoms with van der Waals surface area (Å²) in [6.45, 7) is 4.56. The topological polar surface area (TPSA) is 92.8 Å². The molecule has 108 valence electrons. The third kappa shape index (κ3) is 2.56. The lowest BCUT2D eigenvalue weighted by molar-refractivity contribution is 0.187. The van der Waals surface area contributed by atoms with Crippen molar-refractivity contribution in [2.45, 2.75) is 26.3 Å². The molecule has 0 aliphatic heterocycles. The average Bonchev–Trinajstić information content (AvgIpc) is 2.37. The molecule has 2 N–H and O–H groups in total. The van der Waals surface area contributed by atoms with Crippen LogP contribution >= 0.6 is 12.2 Å². The van der Waals surface area contributed by atoms with Gasteiger partial charge in [-0.2, -0.15) is 0 Å². The van der Waals surface area contributed by atoms with Gasteiger partial charge in [0.2, 0.25) is 0 Å². The molecule has 2 aromatic heterocycles. The Kier molecular flexibility index (Phi) is 4.15. The third-order valence-electron chi connectivity index (χ3n) is 2.95. The molecular weight excluding hydrogens is 280 g/mol. The fourth-order valence-corrected chi connectivity index (χ4v) is 2.17. The number of aromatic amines is 2. The molecule has 0 saturated carbocycles. The summed E-state index contributed by atoms with van der Waals surface area (Å²) in [5.74, 6) is 0.741. The second-order valence-electron chi connectivity index (χ2n) is 4.71. The van der Waals surface area contributed by atoms with Gasteiger partial charge in [-0.3, -0.25) is 14.3 Å². The Balaban J connectivity index is 2.87. The molecule has 0 amide bonds. The van der Waals surface area contributed by atoms with Crippen LogP contribution in [0.25, 0.3) is 11.0 Å². The molecule has 0 bridgehead atoms. The van der Waals surface area contributed by atoms with E-state index in [-0.39, 0.29) is 15.9 Å². The number of nitrogens with one attached hydrogen (secondary N) is 2. The van der Waals surface area contributed by atoms with Crippen molar-refractivity contribution >= 4 is 23.3 Å². The Bertz CT molecular complexity index is 803. The number of rotatable bonds is 4. The highest BCUT2D eigenvalue weighted by Gasteiger charge is 2.13. The summed E-state index contributed by atoms with van der Waals surface area (Å²) in [4.78, 5) is 33.3. The second kappa shape index (κ2) is 5.68. The summed E-state index contributed by atoms with van der Waals surface area (Å²) in [6.07, 6.45) is 0. The number of fused-ring (bicyclic) bond motifs is 1. The lowest BCUT2D eigenvalue weighted by atomic mass is 10.2. The first kappa shape index (κ1) is 14.6. The zero-order chi connectivity index (χ0) is 14.9. The Morgan fingerprint density at radius 3 is 2.65 bits per heavy atom. The van der Waals surface area contributed by atoms with Crippen molar-refractivity contribution in [2.24, 2.45) is 0 Å². The van der Waals surface area contributed by atoms with Gasteiger partial charge in [0.05, 0.1) is 13.2 Å². The SMILES string of the molecule is COCCn1c(=O)[nH]c(=O)c2c(=S)nc(C(C)C)[nH]c21. The Morgan fingerprint density at radius 2 is 2.05 bits per heavy atom. The molecule has 0 aromatic carbocycles. The molecular formula is C12H16N4O3S. The van der Waals surface area contributed by atoms with E-state index in [4.69, 9.17) is 17.0 Å². The Morgan fingerprint density at radius 1 is 1.35 bits per heavy atom. The van der Waals surface area contributed by atoms with Crippen LogP contribution in [0.1, 0.15) is 25.6 Å². The molecule has 0 atom stereocenters. The minimum absolute atomic E-state index is 0.103. The lowest BCUT2D eigenvalue weighted by Gasteiger charge is -2.11.